The van der Waals surface area contributed by atoms with Crippen LogP contribution in [0.1, 0.15) is 80.5 Å². The molecule has 0 saturated carbocycles. The molecule has 0 fully saturated rings. The maximum atomic E-state index is 6.24. The summed E-state index contributed by atoms with van der Waals surface area (Å²) in [5.41, 5.74) is 8.92. The van der Waals surface area contributed by atoms with Crippen molar-refractivity contribution in [3.63, 3.8) is 0 Å². The van der Waals surface area contributed by atoms with Crippen LogP contribution in [0.25, 0.3) is 0 Å². The van der Waals surface area contributed by atoms with Gasteiger partial charge in [0.05, 0.1) is 6.54 Å². The summed E-state index contributed by atoms with van der Waals surface area (Å²) in [7, 11) is 0. The summed E-state index contributed by atoms with van der Waals surface area (Å²) in [4.78, 5) is 18.0. The van der Waals surface area contributed by atoms with Crippen LogP contribution in [0, 0.1) is 13.8 Å². The summed E-state index contributed by atoms with van der Waals surface area (Å²) < 4.78 is 18.7. The van der Waals surface area contributed by atoms with Gasteiger partial charge in [0.15, 0.2) is 0 Å². The van der Waals surface area contributed by atoms with Crippen molar-refractivity contribution in [1.29, 1.82) is 0 Å². The molecule has 7 heteroatoms. The number of rotatable bonds is 12. The first-order valence-electron chi connectivity index (χ1n) is 19.4. The van der Waals surface area contributed by atoms with E-state index in [0.717, 1.165) is 16.7 Å². The van der Waals surface area contributed by atoms with Crippen LogP contribution in [0.5, 0.6) is 35.3 Å². The minimum Gasteiger partial charge on any atom is -0.424 e. The lowest BCUT2D eigenvalue weighted by molar-refractivity contribution is 0.362. The molecule has 57 heavy (non-hydrogen) atoms. The Kier molecular flexibility index (Phi) is 10.9. The van der Waals surface area contributed by atoms with Gasteiger partial charge in [0.2, 0.25) is 0 Å². The summed E-state index contributed by atoms with van der Waals surface area (Å²) in [6.07, 6.45) is 8.16. The smallest absolute Gasteiger partial charge is 0.331 e. The number of ether oxygens (including phenoxy) is 3. The van der Waals surface area contributed by atoms with Crippen LogP contribution in [-0.2, 0) is 16.2 Å². The van der Waals surface area contributed by atoms with Crippen molar-refractivity contribution >= 4 is 6.21 Å². The highest BCUT2D eigenvalue weighted by molar-refractivity contribution is 5.75. The van der Waals surface area contributed by atoms with Gasteiger partial charge < -0.3 is 14.2 Å². The van der Waals surface area contributed by atoms with Crippen molar-refractivity contribution in [2.75, 3.05) is 6.54 Å². The molecule has 0 radical (unpaired) electrons. The summed E-state index contributed by atoms with van der Waals surface area (Å²) in [5.74, 6) is 1.71. The minimum absolute atomic E-state index is 0.0434. The summed E-state index contributed by atoms with van der Waals surface area (Å²) in [6.45, 7) is 18.2. The molecular weight excluding hydrogens is 705 g/mol. The monoisotopic (exact) mass is 754 g/mol. The van der Waals surface area contributed by atoms with Gasteiger partial charge in [-0.15, -0.1) is 15.0 Å². The number of hydrogen-bond acceptors (Lipinski definition) is 7. The van der Waals surface area contributed by atoms with Gasteiger partial charge in [-0.05, 0) is 89.7 Å². The lowest BCUT2D eigenvalue weighted by atomic mass is 9.77. The highest BCUT2D eigenvalue weighted by Crippen LogP contribution is 2.37. The minimum atomic E-state index is -0.240. The highest BCUT2D eigenvalue weighted by atomic mass is 16.5. The van der Waals surface area contributed by atoms with E-state index in [0.29, 0.717) is 23.8 Å². The fraction of sp³-hybridized carbons (Fsp3) is 0.240. The van der Waals surface area contributed by atoms with Crippen molar-refractivity contribution in [2.24, 2.45) is 4.99 Å². The van der Waals surface area contributed by atoms with Crippen molar-refractivity contribution in [3.05, 3.63) is 184 Å². The molecule has 2 heterocycles. The van der Waals surface area contributed by atoms with Crippen molar-refractivity contribution in [2.45, 2.75) is 71.6 Å². The molecule has 0 bridgehead atoms. The van der Waals surface area contributed by atoms with E-state index < -0.39 is 0 Å². The van der Waals surface area contributed by atoms with Crippen LogP contribution in [0.4, 0.5) is 0 Å². The molecule has 7 nitrogen and oxygen atoms in total. The number of aryl methyl sites for hydroxylation is 2. The van der Waals surface area contributed by atoms with Crippen LogP contribution in [-0.4, -0.2) is 27.7 Å². The van der Waals surface area contributed by atoms with E-state index in [1.54, 1.807) is 0 Å². The maximum Gasteiger partial charge on any atom is 0.331 e. The van der Waals surface area contributed by atoms with Crippen molar-refractivity contribution in [1.82, 2.24) is 15.0 Å². The van der Waals surface area contributed by atoms with Crippen molar-refractivity contribution < 1.29 is 14.2 Å². The van der Waals surface area contributed by atoms with Gasteiger partial charge in [-0.25, -0.2) is 0 Å². The number of aromatic nitrogens is 3. The second-order valence-electron chi connectivity index (χ2n) is 16.2. The predicted octanol–water partition coefficient (Wildman–Crippen LogP) is 12.4. The lowest BCUT2D eigenvalue weighted by Crippen LogP contribution is -2.19. The molecule has 0 saturated heterocycles. The van der Waals surface area contributed by atoms with Gasteiger partial charge in [-0.1, -0.05) is 150 Å². The summed E-state index contributed by atoms with van der Waals surface area (Å²) in [5, 5.41) is 0. The lowest BCUT2D eigenvalue weighted by Gasteiger charge is -2.27. The molecule has 1 aliphatic rings. The van der Waals surface area contributed by atoms with E-state index in [1.165, 1.54) is 27.8 Å². The first kappa shape index (κ1) is 38.9. The SMILES string of the molecule is Cc1ccc(C(C)(C)c2ccc(Oc3nc(Oc4ccc(C(C)(C)C5=CC=NCC=C5)cc4)nc(Oc4ccc(C(C)(C)c5ccc(C)cc5)cc4)n3)cc2)cc1. The van der Waals surface area contributed by atoms with E-state index >= 15 is 0 Å². The third kappa shape index (κ3) is 8.89. The molecule has 0 amide bonds. The van der Waals surface area contributed by atoms with Crippen LogP contribution in [0.15, 0.2) is 150 Å². The van der Waals surface area contributed by atoms with E-state index in [2.05, 4.69) is 178 Å². The molecule has 0 atom stereocenters. The molecule has 7 rings (SSSR count). The molecule has 1 aliphatic heterocycles. The van der Waals surface area contributed by atoms with E-state index in [-0.39, 0.29) is 34.3 Å². The Morgan fingerprint density at radius 2 is 0.737 bits per heavy atom. The number of allylic oxidation sites excluding steroid dienone is 3. The Hall–Kier alpha value is -6.34. The predicted molar refractivity (Wildman–Crippen MR) is 230 cm³/mol. The highest BCUT2D eigenvalue weighted by Gasteiger charge is 2.26. The molecule has 0 spiro atoms. The fourth-order valence-corrected chi connectivity index (χ4v) is 6.94. The summed E-state index contributed by atoms with van der Waals surface area (Å²) >= 11 is 0. The second kappa shape index (κ2) is 16.0. The second-order valence-corrected chi connectivity index (χ2v) is 16.2. The molecule has 5 aromatic carbocycles. The average molecular weight is 755 g/mol. The molecule has 0 N–H and O–H groups in total. The molecular formula is C50H50N4O3. The van der Waals surface area contributed by atoms with Crippen LogP contribution in [0.3, 0.4) is 0 Å². The molecule has 0 aliphatic carbocycles. The normalized spacial score (nSPS) is 13.2. The van der Waals surface area contributed by atoms with E-state index in [9.17, 15) is 0 Å². The van der Waals surface area contributed by atoms with Gasteiger partial charge in [-0.3, -0.25) is 4.99 Å². The molecule has 1 aromatic heterocycles. The molecule has 6 aromatic rings. The topological polar surface area (TPSA) is 78.7 Å². The zero-order chi connectivity index (χ0) is 40.2. The largest absolute Gasteiger partial charge is 0.424 e. The summed E-state index contributed by atoms with van der Waals surface area (Å²) in [6, 6.07) is 41.4. The third-order valence-electron chi connectivity index (χ3n) is 11.1. The van der Waals surface area contributed by atoms with Gasteiger partial charge in [0, 0.05) is 22.5 Å². The van der Waals surface area contributed by atoms with Gasteiger partial charge in [0.25, 0.3) is 0 Å². The Balaban J connectivity index is 1.15. The average Bonchev–Trinajstić information content (AvgIpc) is 3.50. The van der Waals surface area contributed by atoms with Crippen LogP contribution in [0.2, 0.25) is 0 Å². The Morgan fingerprint density at radius 3 is 1.09 bits per heavy atom. The van der Waals surface area contributed by atoms with Crippen LogP contribution >= 0.6 is 0 Å². The fourth-order valence-electron chi connectivity index (χ4n) is 6.94. The molecule has 0 unspecified atom stereocenters. The number of hydrogen-bond donors (Lipinski definition) is 0. The van der Waals surface area contributed by atoms with Gasteiger partial charge >= 0.3 is 18.0 Å². The molecule has 288 valence electrons. The number of nitrogens with zero attached hydrogens (tertiary/aromatic N) is 4. The first-order chi connectivity index (χ1) is 27.3. The van der Waals surface area contributed by atoms with E-state index in [1.807, 2.05) is 42.6 Å². The Labute approximate surface area is 336 Å². The Morgan fingerprint density at radius 1 is 0.421 bits per heavy atom. The maximum absolute atomic E-state index is 6.24. The first-order valence-corrected chi connectivity index (χ1v) is 19.4. The van der Waals surface area contributed by atoms with E-state index in [4.69, 9.17) is 14.2 Å². The Bertz CT molecular complexity index is 2290. The quantitative estimate of drug-likeness (QED) is 0.124. The zero-order valence-corrected chi connectivity index (χ0v) is 34.1. The van der Waals surface area contributed by atoms with Crippen LogP contribution < -0.4 is 14.2 Å². The standard InChI is InChI=1S/C50H50N4O3/c1-34-11-15-37(16-12-34)49(5,6)40-21-27-43(28-22-40)56-46-52-45(55-42-25-19-39(20-26-42)48(3,4)36-10-9-32-51-33-31-36)53-47(54-46)57-44-29-23-41(24-30-44)50(7,8)38-17-13-35(2)14-18-38/h9-31,33H,32H2,1-8H3. The number of aliphatic imine (C=N–C) groups is 1. The zero-order valence-electron chi connectivity index (χ0n) is 34.1. The van der Waals surface area contributed by atoms with Crippen molar-refractivity contribution in [3.8, 4) is 35.3 Å². The van der Waals surface area contributed by atoms with Gasteiger partial charge in [-0.2, -0.15) is 0 Å². The third-order valence-corrected chi connectivity index (χ3v) is 11.1. The number of benzene rings is 5. The van der Waals surface area contributed by atoms with Gasteiger partial charge in [0.1, 0.15) is 17.2 Å².